The molecule has 0 heterocycles. The van der Waals surface area contributed by atoms with E-state index in [4.69, 9.17) is 0 Å². The van der Waals surface area contributed by atoms with E-state index in [2.05, 4.69) is 0 Å². The average Bonchev–Trinajstić information content (AvgIpc) is 2.65. The molecule has 3 aromatic carbocycles. The van der Waals surface area contributed by atoms with Crippen molar-refractivity contribution in [3.63, 3.8) is 0 Å². The molecule has 3 rings (SSSR count). The monoisotopic (exact) mass is 397 g/mol. The predicted octanol–water partition coefficient (Wildman–Crippen LogP) is 4.79. The molecule has 6 heteroatoms. The highest BCUT2D eigenvalue weighted by Crippen LogP contribution is 2.30. The lowest BCUT2D eigenvalue weighted by Crippen LogP contribution is -2.37. The van der Waals surface area contributed by atoms with Crippen LogP contribution < -0.4 is 4.31 Å². The van der Waals surface area contributed by atoms with E-state index < -0.39 is 21.7 Å². The fourth-order valence-corrected chi connectivity index (χ4v) is 4.33. The molecule has 0 N–H and O–H groups in total. The summed E-state index contributed by atoms with van der Waals surface area (Å²) < 4.78 is 41.3. The minimum absolute atomic E-state index is 0.0104. The highest BCUT2D eigenvalue weighted by atomic mass is 32.2. The summed E-state index contributed by atoms with van der Waals surface area (Å²) in [5.74, 6) is -1.42. The van der Waals surface area contributed by atoms with Crippen molar-refractivity contribution < 1.29 is 17.6 Å². The third-order valence-electron chi connectivity index (χ3n) is 4.61. The third kappa shape index (κ3) is 3.68. The maximum Gasteiger partial charge on any atom is 0.272 e. The van der Waals surface area contributed by atoms with Crippen LogP contribution in [-0.4, -0.2) is 14.3 Å². The molecule has 0 atom stereocenters. The molecule has 0 aliphatic rings. The summed E-state index contributed by atoms with van der Waals surface area (Å²) in [6, 6.07) is 16.4. The number of carbonyl (C=O) groups excluding carboxylic acids is 1. The van der Waals surface area contributed by atoms with Crippen LogP contribution in [0.1, 0.15) is 27.0 Å². The molecule has 0 aliphatic heterocycles. The second-order valence-electron chi connectivity index (χ2n) is 6.62. The number of sulfonamides is 1. The molecule has 0 radical (unpaired) electrons. The maximum absolute atomic E-state index is 13.7. The molecule has 1 amide bonds. The lowest BCUT2D eigenvalue weighted by molar-refractivity contribution is 0.100. The minimum Gasteiger partial charge on any atom is -0.268 e. The van der Waals surface area contributed by atoms with Gasteiger partial charge in [0.15, 0.2) is 0 Å². The standard InChI is InChI=1S/C22H20FNO3S/c1-15-10-12-20(13-11-15)28(26,27)24(21-9-4-6-16(2)17(21)3)22(25)18-7-5-8-19(23)14-18/h4-14H,1-3H3. The minimum atomic E-state index is -4.21. The van der Waals surface area contributed by atoms with Crippen molar-refractivity contribution >= 4 is 21.6 Å². The molecule has 0 spiro atoms. The van der Waals surface area contributed by atoms with Crippen molar-refractivity contribution in [3.8, 4) is 0 Å². The van der Waals surface area contributed by atoms with Crippen LogP contribution in [0.4, 0.5) is 10.1 Å². The topological polar surface area (TPSA) is 54.5 Å². The molecule has 4 nitrogen and oxygen atoms in total. The van der Waals surface area contributed by atoms with Crippen LogP contribution in [0.15, 0.2) is 71.6 Å². The SMILES string of the molecule is Cc1ccc(S(=O)(=O)N(C(=O)c2cccc(F)c2)c2cccc(C)c2C)cc1. The number of anilines is 1. The molecule has 3 aromatic rings. The summed E-state index contributed by atoms with van der Waals surface area (Å²) in [4.78, 5) is 13.2. The van der Waals surface area contributed by atoms with E-state index in [1.54, 1.807) is 31.2 Å². The van der Waals surface area contributed by atoms with E-state index in [0.717, 1.165) is 21.5 Å². The van der Waals surface area contributed by atoms with E-state index in [1.165, 1.54) is 30.3 Å². The van der Waals surface area contributed by atoms with Gasteiger partial charge in [-0.15, -0.1) is 0 Å². The van der Waals surface area contributed by atoms with Crippen LogP contribution in [0.3, 0.4) is 0 Å². The number of hydrogen-bond donors (Lipinski definition) is 0. The molecule has 28 heavy (non-hydrogen) atoms. The zero-order valence-electron chi connectivity index (χ0n) is 15.8. The van der Waals surface area contributed by atoms with E-state index in [9.17, 15) is 17.6 Å². The predicted molar refractivity (Wildman–Crippen MR) is 107 cm³/mol. The Bertz CT molecular complexity index is 1140. The molecular weight excluding hydrogens is 377 g/mol. The summed E-state index contributed by atoms with van der Waals surface area (Å²) >= 11 is 0. The first-order chi connectivity index (χ1) is 13.2. The Morgan fingerprint density at radius 3 is 2.18 bits per heavy atom. The number of carbonyl (C=O) groups is 1. The van der Waals surface area contributed by atoms with Gasteiger partial charge in [0.1, 0.15) is 5.82 Å². The Labute approximate surface area is 164 Å². The highest BCUT2D eigenvalue weighted by Gasteiger charge is 2.33. The van der Waals surface area contributed by atoms with Gasteiger partial charge in [-0.25, -0.2) is 12.8 Å². The zero-order chi connectivity index (χ0) is 20.5. The maximum atomic E-state index is 13.7. The summed E-state index contributed by atoms with van der Waals surface area (Å²) in [6.07, 6.45) is 0. The van der Waals surface area contributed by atoms with Crippen molar-refractivity contribution in [3.05, 3.63) is 94.8 Å². The Morgan fingerprint density at radius 2 is 1.54 bits per heavy atom. The van der Waals surface area contributed by atoms with Gasteiger partial charge in [-0.3, -0.25) is 4.79 Å². The Hall–Kier alpha value is -2.99. The third-order valence-corrected chi connectivity index (χ3v) is 6.32. The van der Waals surface area contributed by atoms with Crippen LogP contribution in [0.2, 0.25) is 0 Å². The number of rotatable bonds is 4. The number of aryl methyl sites for hydroxylation is 2. The van der Waals surface area contributed by atoms with Gasteiger partial charge in [0, 0.05) is 5.56 Å². The van der Waals surface area contributed by atoms with Gasteiger partial charge in [0.25, 0.3) is 15.9 Å². The zero-order valence-corrected chi connectivity index (χ0v) is 16.6. The van der Waals surface area contributed by atoms with Gasteiger partial charge >= 0.3 is 0 Å². The Balaban J connectivity index is 2.24. The lowest BCUT2D eigenvalue weighted by Gasteiger charge is -2.25. The number of halogens is 1. The summed E-state index contributed by atoms with van der Waals surface area (Å²) in [6.45, 7) is 5.43. The van der Waals surface area contributed by atoms with Gasteiger partial charge < -0.3 is 0 Å². The van der Waals surface area contributed by atoms with E-state index in [0.29, 0.717) is 5.56 Å². The fourth-order valence-electron chi connectivity index (χ4n) is 2.86. The average molecular weight is 397 g/mol. The van der Waals surface area contributed by atoms with Crippen LogP contribution >= 0.6 is 0 Å². The summed E-state index contributed by atoms with van der Waals surface area (Å²) in [7, 11) is -4.21. The first kappa shape index (κ1) is 19.8. The van der Waals surface area contributed by atoms with Crippen molar-refractivity contribution in [2.24, 2.45) is 0 Å². The Kier molecular flexibility index (Phi) is 5.34. The van der Waals surface area contributed by atoms with E-state index >= 15 is 0 Å². The van der Waals surface area contributed by atoms with Gasteiger partial charge in [0.2, 0.25) is 0 Å². The van der Waals surface area contributed by atoms with Gasteiger partial charge in [-0.1, -0.05) is 35.9 Å². The van der Waals surface area contributed by atoms with Gasteiger partial charge in [0.05, 0.1) is 10.6 Å². The molecule has 0 saturated heterocycles. The number of amides is 1. The Morgan fingerprint density at radius 1 is 0.893 bits per heavy atom. The molecule has 0 bridgehead atoms. The van der Waals surface area contributed by atoms with Gasteiger partial charge in [-0.2, -0.15) is 4.31 Å². The van der Waals surface area contributed by atoms with Crippen LogP contribution in [-0.2, 0) is 10.0 Å². The van der Waals surface area contributed by atoms with Crippen LogP contribution in [0.25, 0.3) is 0 Å². The quantitative estimate of drug-likeness (QED) is 0.636. The molecule has 0 aliphatic carbocycles. The molecule has 144 valence electrons. The van der Waals surface area contributed by atoms with E-state index in [1.807, 2.05) is 19.9 Å². The van der Waals surface area contributed by atoms with Crippen LogP contribution in [0, 0.1) is 26.6 Å². The van der Waals surface area contributed by atoms with Gasteiger partial charge in [-0.05, 0) is 68.3 Å². The molecular formula is C22H20FNO3S. The number of benzene rings is 3. The lowest BCUT2D eigenvalue weighted by atomic mass is 10.1. The second-order valence-corrected chi connectivity index (χ2v) is 8.40. The fraction of sp³-hybridized carbons (Fsp3) is 0.136. The molecule has 0 fully saturated rings. The van der Waals surface area contributed by atoms with E-state index in [-0.39, 0.29) is 16.1 Å². The summed E-state index contributed by atoms with van der Waals surface area (Å²) in [5.41, 5.74) is 2.59. The van der Waals surface area contributed by atoms with Crippen molar-refractivity contribution in [1.29, 1.82) is 0 Å². The molecule has 0 unspecified atom stereocenters. The van der Waals surface area contributed by atoms with Crippen molar-refractivity contribution in [2.75, 3.05) is 4.31 Å². The molecule has 0 aromatic heterocycles. The van der Waals surface area contributed by atoms with Crippen molar-refractivity contribution in [2.45, 2.75) is 25.7 Å². The molecule has 0 saturated carbocycles. The first-order valence-corrected chi connectivity index (χ1v) is 10.1. The second kappa shape index (κ2) is 7.56. The van der Waals surface area contributed by atoms with Crippen molar-refractivity contribution in [1.82, 2.24) is 0 Å². The smallest absolute Gasteiger partial charge is 0.268 e. The largest absolute Gasteiger partial charge is 0.272 e. The number of nitrogens with zero attached hydrogens (tertiary/aromatic N) is 1. The summed E-state index contributed by atoms with van der Waals surface area (Å²) in [5, 5.41) is 0. The number of hydrogen-bond acceptors (Lipinski definition) is 3. The first-order valence-electron chi connectivity index (χ1n) is 8.70. The van der Waals surface area contributed by atoms with Crippen LogP contribution in [0.5, 0.6) is 0 Å². The normalized spacial score (nSPS) is 11.3. The highest BCUT2D eigenvalue weighted by molar-refractivity contribution is 7.93.